The van der Waals surface area contributed by atoms with Gasteiger partial charge in [0.1, 0.15) is 0 Å². The predicted molar refractivity (Wildman–Crippen MR) is 87.4 cm³/mol. The van der Waals surface area contributed by atoms with Crippen molar-refractivity contribution in [3.63, 3.8) is 0 Å². The van der Waals surface area contributed by atoms with E-state index in [0.29, 0.717) is 25.7 Å². The molecule has 0 unspecified atom stereocenters. The van der Waals surface area contributed by atoms with Gasteiger partial charge in [-0.05, 0) is 48.6 Å². The lowest BCUT2D eigenvalue weighted by molar-refractivity contribution is -0.142. The molecule has 0 bridgehead atoms. The number of carbonyl (C=O) groups is 2. The Balaban J connectivity index is 1.57. The first-order valence-corrected chi connectivity index (χ1v) is 8.28. The molecular weight excluding hydrogens is 300 g/mol. The summed E-state index contributed by atoms with van der Waals surface area (Å²) in [5, 5.41) is 17.9. The smallest absolute Gasteiger partial charge is 0.319 e. The summed E-state index contributed by atoms with van der Waals surface area (Å²) >= 11 is 1.60. The van der Waals surface area contributed by atoms with Crippen molar-refractivity contribution < 1.29 is 14.7 Å². The average Bonchev–Trinajstić information content (AvgIpc) is 2.97. The molecule has 116 valence electrons. The van der Waals surface area contributed by atoms with E-state index in [1.165, 1.54) is 0 Å². The van der Waals surface area contributed by atoms with Gasteiger partial charge in [-0.15, -0.1) is 11.3 Å². The fourth-order valence-electron chi connectivity index (χ4n) is 2.92. The number of amides is 2. The van der Waals surface area contributed by atoms with Crippen LogP contribution in [-0.2, 0) is 4.79 Å². The number of carboxylic acid groups (broad SMARTS) is 1. The molecule has 2 amide bonds. The average molecular weight is 318 g/mol. The van der Waals surface area contributed by atoms with Gasteiger partial charge in [0, 0.05) is 6.04 Å². The summed E-state index contributed by atoms with van der Waals surface area (Å²) < 4.78 is 1.06. The van der Waals surface area contributed by atoms with Crippen molar-refractivity contribution in [2.24, 2.45) is 5.92 Å². The Kier molecular flexibility index (Phi) is 4.29. The zero-order chi connectivity index (χ0) is 15.5. The molecule has 0 radical (unpaired) electrons. The van der Waals surface area contributed by atoms with Crippen LogP contribution in [0.2, 0.25) is 0 Å². The highest BCUT2D eigenvalue weighted by molar-refractivity contribution is 7.17. The second-order valence-corrected chi connectivity index (χ2v) is 6.55. The largest absolute Gasteiger partial charge is 0.481 e. The quantitative estimate of drug-likeness (QED) is 0.808. The number of fused-ring (bicyclic) bond motifs is 1. The van der Waals surface area contributed by atoms with Crippen molar-refractivity contribution in [1.82, 2.24) is 5.32 Å². The Morgan fingerprint density at radius 3 is 2.64 bits per heavy atom. The van der Waals surface area contributed by atoms with Crippen LogP contribution in [-0.4, -0.2) is 23.1 Å². The van der Waals surface area contributed by atoms with Gasteiger partial charge in [-0.1, -0.05) is 12.1 Å². The second kappa shape index (κ2) is 6.36. The van der Waals surface area contributed by atoms with Crippen molar-refractivity contribution in [2.45, 2.75) is 31.7 Å². The first kappa shape index (κ1) is 14.8. The number of hydrogen-bond donors (Lipinski definition) is 3. The van der Waals surface area contributed by atoms with Crippen LogP contribution in [0, 0.1) is 5.92 Å². The summed E-state index contributed by atoms with van der Waals surface area (Å²) in [5.74, 6) is -0.992. The number of benzene rings is 1. The topological polar surface area (TPSA) is 78.4 Å². The van der Waals surface area contributed by atoms with Gasteiger partial charge in [0.15, 0.2) is 0 Å². The minimum absolute atomic E-state index is 0.0538. The maximum absolute atomic E-state index is 12.1. The van der Waals surface area contributed by atoms with Crippen LogP contribution in [0.25, 0.3) is 10.1 Å². The predicted octanol–water partition coefficient (Wildman–Crippen LogP) is 3.67. The monoisotopic (exact) mass is 318 g/mol. The van der Waals surface area contributed by atoms with Crippen LogP contribution in [0.4, 0.5) is 10.5 Å². The zero-order valence-corrected chi connectivity index (χ0v) is 12.9. The first-order valence-electron chi connectivity index (χ1n) is 7.40. The maximum atomic E-state index is 12.1. The normalized spacial score (nSPS) is 21.5. The van der Waals surface area contributed by atoms with E-state index in [1.54, 1.807) is 11.3 Å². The molecule has 0 saturated heterocycles. The van der Waals surface area contributed by atoms with Gasteiger partial charge >= 0.3 is 12.0 Å². The number of urea groups is 1. The second-order valence-electron chi connectivity index (χ2n) is 5.63. The minimum atomic E-state index is -0.729. The Labute approximate surface area is 132 Å². The van der Waals surface area contributed by atoms with Gasteiger partial charge in [0.25, 0.3) is 0 Å². The number of thiophene rings is 1. The van der Waals surface area contributed by atoms with E-state index in [9.17, 15) is 9.59 Å². The fourth-order valence-corrected chi connectivity index (χ4v) is 3.79. The highest BCUT2D eigenvalue weighted by atomic mass is 32.1. The number of anilines is 1. The van der Waals surface area contributed by atoms with Gasteiger partial charge < -0.3 is 15.7 Å². The van der Waals surface area contributed by atoms with Crippen LogP contribution in [0.15, 0.2) is 29.6 Å². The van der Waals surface area contributed by atoms with Crippen molar-refractivity contribution in [2.75, 3.05) is 5.32 Å². The van der Waals surface area contributed by atoms with Crippen LogP contribution in [0.3, 0.4) is 0 Å². The van der Waals surface area contributed by atoms with Gasteiger partial charge in [-0.3, -0.25) is 4.79 Å². The van der Waals surface area contributed by atoms with Gasteiger partial charge in [0.05, 0.1) is 16.3 Å². The van der Waals surface area contributed by atoms with E-state index < -0.39 is 5.97 Å². The Hall–Kier alpha value is -2.08. The molecule has 1 aromatic heterocycles. The van der Waals surface area contributed by atoms with Crippen molar-refractivity contribution in [3.8, 4) is 0 Å². The van der Waals surface area contributed by atoms with E-state index in [2.05, 4.69) is 10.6 Å². The molecule has 1 fully saturated rings. The van der Waals surface area contributed by atoms with Gasteiger partial charge in [-0.2, -0.15) is 0 Å². The Bertz CT molecular complexity index is 690. The Morgan fingerprint density at radius 1 is 1.14 bits per heavy atom. The maximum Gasteiger partial charge on any atom is 0.319 e. The summed E-state index contributed by atoms with van der Waals surface area (Å²) in [6.45, 7) is 0. The third-order valence-corrected chi connectivity index (χ3v) is 5.10. The fraction of sp³-hybridized carbons (Fsp3) is 0.375. The number of aliphatic carboxylic acids is 1. The number of carboxylic acids is 1. The molecule has 1 saturated carbocycles. The van der Waals surface area contributed by atoms with Crippen molar-refractivity contribution in [1.29, 1.82) is 0 Å². The minimum Gasteiger partial charge on any atom is -0.481 e. The molecule has 5 nitrogen and oxygen atoms in total. The van der Waals surface area contributed by atoms with Crippen molar-refractivity contribution in [3.05, 3.63) is 29.6 Å². The van der Waals surface area contributed by atoms with E-state index in [-0.39, 0.29) is 18.0 Å². The zero-order valence-electron chi connectivity index (χ0n) is 12.0. The molecule has 1 heterocycles. The lowest BCUT2D eigenvalue weighted by atomic mass is 9.86. The summed E-state index contributed by atoms with van der Waals surface area (Å²) in [7, 11) is 0. The third-order valence-electron chi connectivity index (χ3n) is 4.14. The Morgan fingerprint density at radius 2 is 1.91 bits per heavy atom. The third kappa shape index (κ3) is 3.22. The highest BCUT2D eigenvalue weighted by Crippen LogP contribution is 2.29. The van der Waals surface area contributed by atoms with Crippen LogP contribution in [0.1, 0.15) is 25.7 Å². The van der Waals surface area contributed by atoms with E-state index in [4.69, 9.17) is 5.11 Å². The van der Waals surface area contributed by atoms with Gasteiger partial charge in [0.2, 0.25) is 0 Å². The summed E-state index contributed by atoms with van der Waals surface area (Å²) in [6.07, 6.45) is 2.68. The number of carbonyl (C=O) groups excluding carboxylic acids is 1. The lowest BCUT2D eigenvalue weighted by Gasteiger charge is -2.26. The number of hydrogen-bond acceptors (Lipinski definition) is 3. The molecule has 3 N–H and O–H groups in total. The SMILES string of the molecule is O=C(Nc1cccc2ccsc12)NC1CCC(C(=O)O)CC1. The van der Waals surface area contributed by atoms with E-state index in [1.807, 2.05) is 29.6 Å². The molecule has 0 aliphatic heterocycles. The molecule has 1 aliphatic rings. The van der Waals surface area contributed by atoms with Crippen LogP contribution < -0.4 is 10.6 Å². The number of rotatable bonds is 3. The molecule has 22 heavy (non-hydrogen) atoms. The molecule has 0 atom stereocenters. The van der Waals surface area contributed by atoms with Crippen LogP contribution >= 0.6 is 11.3 Å². The number of nitrogens with one attached hydrogen (secondary N) is 2. The standard InChI is InChI=1S/C16H18N2O3S/c19-15(20)11-4-6-12(7-5-11)17-16(21)18-13-3-1-2-10-8-9-22-14(10)13/h1-3,8-9,11-12H,4-7H2,(H,19,20)(H2,17,18,21). The molecule has 6 heteroatoms. The van der Waals surface area contributed by atoms with Crippen LogP contribution in [0.5, 0.6) is 0 Å². The molecule has 0 spiro atoms. The summed E-state index contributed by atoms with van der Waals surface area (Å²) in [5.41, 5.74) is 0.809. The van der Waals surface area contributed by atoms with Gasteiger partial charge in [-0.25, -0.2) is 4.79 Å². The van der Waals surface area contributed by atoms with E-state index in [0.717, 1.165) is 15.8 Å². The molecule has 1 aromatic carbocycles. The highest BCUT2D eigenvalue weighted by Gasteiger charge is 2.26. The van der Waals surface area contributed by atoms with E-state index >= 15 is 0 Å². The lowest BCUT2D eigenvalue weighted by Crippen LogP contribution is -2.40. The molecular formula is C16H18N2O3S. The molecule has 1 aliphatic carbocycles. The van der Waals surface area contributed by atoms with Crippen molar-refractivity contribution >= 4 is 39.1 Å². The summed E-state index contributed by atoms with van der Waals surface area (Å²) in [6, 6.07) is 7.68. The molecule has 2 aromatic rings. The first-order chi connectivity index (χ1) is 10.6. The molecule has 3 rings (SSSR count). The summed E-state index contributed by atoms with van der Waals surface area (Å²) in [4.78, 5) is 23.1.